The number of nitrogen functional groups attached to an aromatic ring is 1. The number of amides is 1. The van der Waals surface area contributed by atoms with Crippen LogP contribution < -0.4 is 11.1 Å². The van der Waals surface area contributed by atoms with Gasteiger partial charge in [0.1, 0.15) is 11.6 Å². The minimum absolute atomic E-state index is 0.0939. The van der Waals surface area contributed by atoms with E-state index < -0.39 is 11.7 Å². The molecule has 0 bridgehead atoms. The summed E-state index contributed by atoms with van der Waals surface area (Å²) in [6, 6.07) is 2.96. The maximum absolute atomic E-state index is 16.3. The fourth-order valence-corrected chi connectivity index (χ4v) is 6.95. The molecule has 1 saturated carbocycles. The maximum Gasteiger partial charge on any atom is 0.259 e. The van der Waals surface area contributed by atoms with Gasteiger partial charge in [-0.25, -0.2) is 9.37 Å². The lowest BCUT2D eigenvalue weighted by molar-refractivity contribution is 0.0608. The number of fused-ring (bicyclic) bond motifs is 2. The van der Waals surface area contributed by atoms with Crippen molar-refractivity contribution in [2.45, 2.75) is 62.5 Å². The fraction of sp³-hybridized carbons (Fsp3) is 0.464. The highest BCUT2D eigenvalue weighted by atomic mass is 35.5. The van der Waals surface area contributed by atoms with Crippen LogP contribution in [0.2, 0.25) is 5.02 Å². The Morgan fingerprint density at radius 1 is 1.21 bits per heavy atom. The van der Waals surface area contributed by atoms with Crippen molar-refractivity contribution in [3.8, 4) is 11.1 Å². The average molecular weight is 539 g/mol. The van der Waals surface area contributed by atoms with E-state index in [2.05, 4.69) is 15.4 Å². The normalized spacial score (nSPS) is 24.9. The molecule has 1 spiro atoms. The number of aromatic nitrogens is 3. The van der Waals surface area contributed by atoms with Crippen molar-refractivity contribution in [2.75, 3.05) is 24.1 Å². The summed E-state index contributed by atoms with van der Waals surface area (Å²) >= 11 is 7.00. The van der Waals surface area contributed by atoms with Gasteiger partial charge in [-0.1, -0.05) is 11.6 Å². The van der Waals surface area contributed by atoms with Gasteiger partial charge < -0.3 is 21.1 Å². The molecule has 2 aromatic heterocycles. The van der Waals surface area contributed by atoms with Crippen molar-refractivity contribution < 1.29 is 14.3 Å². The third-order valence-corrected chi connectivity index (χ3v) is 9.00. The van der Waals surface area contributed by atoms with Crippen molar-refractivity contribution >= 4 is 29.0 Å². The van der Waals surface area contributed by atoms with E-state index in [0.29, 0.717) is 42.3 Å². The summed E-state index contributed by atoms with van der Waals surface area (Å²) in [5, 5.41) is 18.1. The lowest BCUT2D eigenvalue weighted by Crippen LogP contribution is -2.39. The SMILES string of the molecule is Cn1cc(C2CCCCN2C(=O)c2c(N)ccc(-c3cnc4c(c3Cl)[C@]3(CC[C@H](O)CC3)CN4)c2F)cn1. The highest BCUT2D eigenvalue weighted by molar-refractivity contribution is 6.34. The zero-order valence-electron chi connectivity index (χ0n) is 21.4. The Morgan fingerprint density at radius 2 is 2.00 bits per heavy atom. The molecule has 200 valence electrons. The molecule has 2 aliphatic heterocycles. The summed E-state index contributed by atoms with van der Waals surface area (Å²) in [7, 11) is 1.84. The Kier molecular flexibility index (Phi) is 6.31. The van der Waals surface area contributed by atoms with Gasteiger partial charge in [0, 0.05) is 65.9 Å². The number of rotatable bonds is 3. The number of carbonyl (C=O) groups excluding carboxylic acids is 1. The maximum atomic E-state index is 16.3. The number of halogens is 2. The minimum Gasteiger partial charge on any atom is -0.398 e. The van der Waals surface area contributed by atoms with Crippen LogP contribution in [0, 0.1) is 5.82 Å². The number of anilines is 2. The predicted molar refractivity (Wildman–Crippen MR) is 145 cm³/mol. The number of nitrogens with one attached hydrogen (secondary N) is 1. The lowest BCUT2D eigenvalue weighted by Gasteiger charge is -2.36. The van der Waals surface area contributed by atoms with Gasteiger partial charge in [-0.05, 0) is 57.1 Å². The largest absolute Gasteiger partial charge is 0.398 e. The molecule has 1 aromatic carbocycles. The molecule has 1 aliphatic carbocycles. The Labute approximate surface area is 226 Å². The lowest BCUT2D eigenvalue weighted by atomic mass is 9.70. The molecule has 2 fully saturated rings. The van der Waals surface area contributed by atoms with Crippen LogP contribution in [0.3, 0.4) is 0 Å². The first-order valence-electron chi connectivity index (χ1n) is 13.3. The second-order valence-electron chi connectivity index (χ2n) is 10.9. The van der Waals surface area contributed by atoms with E-state index in [9.17, 15) is 9.90 Å². The predicted octanol–water partition coefficient (Wildman–Crippen LogP) is 4.82. The molecule has 10 heteroatoms. The minimum atomic E-state index is -0.687. The summed E-state index contributed by atoms with van der Waals surface area (Å²) in [5.41, 5.74) is 8.39. The molecule has 0 radical (unpaired) electrons. The molecule has 1 atom stereocenters. The highest BCUT2D eigenvalue weighted by Crippen LogP contribution is 2.51. The first-order chi connectivity index (χ1) is 18.3. The number of nitrogens with two attached hydrogens (primary N) is 1. The van der Waals surface area contributed by atoms with Gasteiger partial charge in [0.15, 0.2) is 0 Å². The zero-order chi connectivity index (χ0) is 26.6. The molecule has 8 nitrogen and oxygen atoms in total. The number of benzene rings is 1. The monoisotopic (exact) mass is 538 g/mol. The molecule has 1 saturated heterocycles. The summed E-state index contributed by atoms with van der Waals surface area (Å²) in [5.74, 6) is -0.414. The Hall–Kier alpha value is -3.17. The Morgan fingerprint density at radius 3 is 2.74 bits per heavy atom. The van der Waals surface area contributed by atoms with Crippen LogP contribution in [0.25, 0.3) is 11.1 Å². The number of hydrogen-bond acceptors (Lipinski definition) is 6. The molecule has 3 aliphatic rings. The van der Waals surface area contributed by atoms with Crippen LogP contribution in [0.1, 0.15) is 72.5 Å². The van der Waals surface area contributed by atoms with Gasteiger partial charge in [0.2, 0.25) is 0 Å². The molecule has 6 rings (SSSR count). The van der Waals surface area contributed by atoms with Crippen LogP contribution in [0.4, 0.5) is 15.9 Å². The first-order valence-corrected chi connectivity index (χ1v) is 13.7. The molecule has 4 N–H and O–H groups in total. The number of aryl methyl sites for hydroxylation is 1. The van der Waals surface area contributed by atoms with E-state index in [1.165, 1.54) is 0 Å². The number of aliphatic hydroxyl groups excluding tert-OH is 1. The second kappa shape index (κ2) is 9.54. The molecule has 1 amide bonds. The Balaban J connectivity index is 1.40. The number of aliphatic hydroxyl groups is 1. The van der Waals surface area contributed by atoms with Crippen LogP contribution in [0.15, 0.2) is 30.7 Å². The summed E-state index contributed by atoms with van der Waals surface area (Å²) in [6.07, 6.45) is 10.4. The molecule has 1 unspecified atom stereocenters. The summed E-state index contributed by atoms with van der Waals surface area (Å²) in [6.45, 7) is 1.20. The zero-order valence-corrected chi connectivity index (χ0v) is 22.1. The third kappa shape index (κ3) is 4.03. The quantitative estimate of drug-likeness (QED) is 0.412. The summed E-state index contributed by atoms with van der Waals surface area (Å²) < 4.78 is 18.0. The molecule has 3 aromatic rings. The van der Waals surface area contributed by atoms with Crippen LogP contribution in [-0.2, 0) is 12.5 Å². The van der Waals surface area contributed by atoms with Gasteiger partial charge in [-0.15, -0.1) is 0 Å². The topological polar surface area (TPSA) is 109 Å². The van der Waals surface area contributed by atoms with Gasteiger partial charge in [0.05, 0.1) is 28.9 Å². The molecule has 4 heterocycles. The van der Waals surface area contributed by atoms with Crippen LogP contribution in [-0.4, -0.2) is 49.9 Å². The van der Waals surface area contributed by atoms with E-state index in [1.54, 1.807) is 34.1 Å². The van der Waals surface area contributed by atoms with E-state index >= 15 is 4.39 Å². The van der Waals surface area contributed by atoms with E-state index in [4.69, 9.17) is 17.3 Å². The van der Waals surface area contributed by atoms with Gasteiger partial charge in [-0.2, -0.15) is 5.10 Å². The van der Waals surface area contributed by atoms with Crippen molar-refractivity contribution in [3.63, 3.8) is 0 Å². The van der Waals surface area contributed by atoms with Gasteiger partial charge >= 0.3 is 0 Å². The average Bonchev–Trinajstić information content (AvgIpc) is 3.51. The first kappa shape index (κ1) is 25.1. The summed E-state index contributed by atoms with van der Waals surface area (Å²) in [4.78, 5) is 20.2. The van der Waals surface area contributed by atoms with Crippen molar-refractivity contribution in [1.82, 2.24) is 19.7 Å². The number of piperidine rings is 1. The van der Waals surface area contributed by atoms with E-state index in [-0.39, 0.29) is 34.4 Å². The van der Waals surface area contributed by atoms with Crippen molar-refractivity contribution in [2.24, 2.45) is 7.05 Å². The number of carbonyl (C=O) groups is 1. The molecule has 38 heavy (non-hydrogen) atoms. The second-order valence-corrected chi connectivity index (χ2v) is 11.3. The van der Waals surface area contributed by atoms with Crippen LogP contribution in [0.5, 0.6) is 0 Å². The van der Waals surface area contributed by atoms with E-state index in [0.717, 1.165) is 43.2 Å². The number of pyridine rings is 1. The van der Waals surface area contributed by atoms with Gasteiger partial charge in [-0.3, -0.25) is 9.48 Å². The van der Waals surface area contributed by atoms with Crippen LogP contribution >= 0.6 is 11.6 Å². The fourth-order valence-electron chi connectivity index (χ4n) is 6.51. The van der Waals surface area contributed by atoms with Crippen molar-refractivity contribution in [3.05, 3.63) is 58.3 Å². The smallest absolute Gasteiger partial charge is 0.259 e. The highest BCUT2D eigenvalue weighted by Gasteiger charge is 2.44. The molecular formula is C28H32ClFN6O2. The molecular weight excluding hydrogens is 507 g/mol. The third-order valence-electron chi connectivity index (χ3n) is 8.60. The van der Waals surface area contributed by atoms with Crippen molar-refractivity contribution in [1.29, 1.82) is 0 Å². The van der Waals surface area contributed by atoms with Gasteiger partial charge in [0.25, 0.3) is 5.91 Å². The Bertz CT molecular complexity index is 1400. The number of nitrogens with zero attached hydrogens (tertiary/aromatic N) is 4. The standard InChI is InChI=1S/C28H32ClFN6O2/c1-35-14-16(12-34-35)21-4-2-3-11-36(21)27(38)22-20(31)6-5-18(25(22)30)19-13-32-26-23(24(19)29)28(15-33-26)9-7-17(37)8-10-28/h5-6,12-14,17,21,37H,2-4,7-11,15,31H2,1H3,(H,32,33)/t17-,21?,28-. The number of likely N-dealkylation sites (tertiary alicyclic amines) is 1. The number of hydrogen-bond donors (Lipinski definition) is 3. The van der Waals surface area contributed by atoms with E-state index in [1.807, 2.05) is 13.2 Å².